The second-order valence-corrected chi connectivity index (χ2v) is 8.71. The number of hydrogen-bond acceptors (Lipinski definition) is 7. The van der Waals surface area contributed by atoms with Gasteiger partial charge in [-0.15, -0.1) is 0 Å². The van der Waals surface area contributed by atoms with Gasteiger partial charge >= 0.3 is 12.2 Å². The summed E-state index contributed by atoms with van der Waals surface area (Å²) in [6.45, 7) is 1.18. The fourth-order valence-electron chi connectivity index (χ4n) is 4.33. The highest BCUT2D eigenvalue weighted by Gasteiger charge is 2.39. The SMILES string of the molecule is O=C(c1ccc(-c2cnco2)cc1)N(C1CC1)C1CCN(c2nc(CCC(F)(F)F)no2)CC1. The molecular formula is C23H24F3N5O3. The molecule has 2 aliphatic rings. The number of nitrogens with zero attached hydrogens (tertiary/aromatic N) is 5. The molecule has 5 rings (SSSR count). The highest BCUT2D eigenvalue weighted by molar-refractivity contribution is 5.95. The molecule has 0 atom stereocenters. The smallest absolute Gasteiger partial charge is 0.389 e. The lowest BCUT2D eigenvalue weighted by Gasteiger charge is -2.38. The van der Waals surface area contributed by atoms with Crippen molar-refractivity contribution in [2.45, 2.75) is 56.8 Å². The Bertz CT molecular complexity index is 1100. The van der Waals surface area contributed by atoms with Crippen LogP contribution in [0.15, 0.2) is 45.8 Å². The molecule has 11 heteroatoms. The number of halogens is 3. The maximum atomic E-state index is 13.4. The van der Waals surface area contributed by atoms with Crippen molar-refractivity contribution in [1.82, 2.24) is 20.0 Å². The molecule has 3 heterocycles. The van der Waals surface area contributed by atoms with Crippen LogP contribution in [0.1, 0.15) is 48.3 Å². The lowest BCUT2D eigenvalue weighted by molar-refractivity contribution is -0.134. The topological polar surface area (TPSA) is 88.5 Å². The molecule has 1 aliphatic heterocycles. The highest BCUT2D eigenvalue weighted by atomic mass is 19.4. The number of alkyl halides is 3. The summed E-state index contributed by atoms with van der Waals surface area (Å²) >= 11 is 0. The predicted molar refractivity (Wildman–Crippen MR) is 115 cm³/mol. The van der Waals surface area contributed by atoms with Gasteiger partial charge in [-0.1, -0.05) is 17.3 Å². The summed E-state index contributed by atoms with van der Waals surface area (Å²) < 4.78 is 47.8. The summed E-state index contributed by atoms with van der Waals surface area (Å²) in [7, 11) is 0. The number of oxazole rings is 1. The number of anilines is 1. The summed E-state index contributed by atoms with van der Waals surface area (Å²) in [5.74, 6) is 0.711. The van der Waals surface area contributed by atoms with Gasteiger partial charge in [-0.3, -0.25) is 4.79 Å². The monoisotopic (exact) mass is 475 g/mol. The Balaban J connectivity index is 1.21. The number of aromatic nitrogens is 3. The van der Waals surface area contributed by atoms with E-state index >= 15 is 0 Å². The minimum absolute atomic E-state index is 0.0114. The molecule has 0 radical (unpaired) electrons. The zero-order valence-corrected chi connectivity index (χ0v) is 18.4. The predicted octanol–water partition coefficient (Wildman–Crippen LogP) is 4.49. The van der Waals surface area contributed by atoms with Gasteiger partial charge in [0.15, 0.2) is 18.0 Å². The Hall–Kier alpha value is -3.37. The van der Waals surface area contributed by atoms with Crippen molar-refractivity contribution in [3.8, 4) is 11.3 Å². The summed E-state index contributed by atoms with van der Waals surface area (Å²) in [5, 5.41) is 3.68. The molecule has 8 nitrogen and oxygen atoms in total. The molecule has 1 aliphatic carbocycles. The summed E-state index contributed by atoms with van der Waals surface area (Å²) in [5.41, 5.74) is 1.48. The summed E-state index contributed by atoms with van der Waals surface area (Å²) in [4.78, 5) is 25.3. The average Bonchev–Trinajstić information content (AvgIpc) is 3.31. The third-order valence-electron chi connectivity index (χ3n) is 6.24. The third kappa shape index (κ3) is 5.07. The van der Waals surface area contributed by atoms with E-state index in [2.05, 4.69) is 15.1 Å². The van der Waals surface area contributed by atoms with E-state index in [1.807, 2.05) is 34.1 Å². The first-order chi connectivity index (χ1) is 16.4. The fourth-order valence-corrected chi connectivity index (χ4v) is 4.33. The Kier molecular flexibility index (Phi) is 6.01. The number of piperidine rings is 1. The molecule has 3 aromatic rings. The fraction of sp³-hybridized carbons (Fsp3) is 0.478. The largest absolute Gasteiger partial charge is 0.444 e. The first-order valence-corrected chi connectivity index (χ1v) is 11.3. The van der Waals surface area contributed by atoms with Crippen molar-refractivity contribution in [1.29, 1.82) is 0 Å². The van der Waals surface area contributed by atoms with E-state index in [4.69, 9.17) is 8.94 Å². The Labute approximate surface area is 193 Å². The molecule has 0 bridgehead atoms. The van der Waals surface area contributed by atoms with Crippen molar-refractivity contribution in [3.05, 3.63) is 48.2 Å². The van der Waals surface area contributed by atoms with Gasteiger partial charge < -0.3 is 18.7 Å². The van der Waals surface area contributed by atoms with Crippen LogP contribution in [0.25, 0.3) is 11.3 Å². The van der Waals surface area contributed by atoms with Crippen molar-refractivity contribution in [2.75, 3.05) is 18.0 Å². The van der Waals surface area contributed by atoms with Crippen molar-refractivity contribution < 1.29 is 26.9 Å². The van der Waals surface area contributed by atoms with Crippen LogP contribution in [0.5, 0.6) is 0 Å². The van der Waals surface area contributed by atoms with Crippen LogP contribution in [-0.4, -0.2) is 57.3 Å². The number of aryl methyl sites for hydroxylation is 1. The molecule has 0 unspecified atom stereocenters. The number of benzene rings is 1. The molecule has 2 fully saturated rings. The van der Waals surface area contributed by atoms with Gasteiger partial charge in [0.05, 0.1) is 12.6 Å². The zero-order chi connectivity index (χ0) is 23.7. The van der Waals surface area contributed by atoms with Crippen LogP contribution >= 0.6 is 0 Å². The van der Waals surface area contributed by atoms with E-state index in [0.717, 1.165) is 31.2 Å². The molecule has 180 valence electrons. The van der Waals surface area contributed by atoms with Crippen LogP contribution in [0.4, 0.5) is 19.2 Å². The third-order valence-corrected chi connectivity index (χ3v) is 6.24. The number of rotatable bonds is 7. The molecule has 0 spiro atoms. The average molecular weight is 475 g/mol. The second kappa shape index (κ2) is 9.11. The number of amides is 1. The van der Waals surface area contributed by atoms with Crippen molar-refractivity contribution >= 4 is 11.9 Å². The molecule has 1 saturated heterocycles. The van der Waals surface area contributed by atoms with Gasteiger partial charge in [-0.05, 0) is 37.8 Å². The van der Waals surface area contributed by atoms with Crippen molar-refractivity contribution in [3.63, 3.8) is 0 Å². The van der Waals surface area contributed by atoms with Gasteiger partial charge in [0.1, 0.15) is 0 Å². The van der Waals surface area contributed by atoms with Gasteiger partial charge in [-0.2, -0.15) is 18.2 Å². The van der Waals surface area contributed by atoms with E-state index in [9.17, 15) is 18.0 Å². The van der Waals surface area contributed by atoms with E-state index in [0.29, 0.717) is 24.4 Å². The molecule has 2 aromatic heterocycles. The molecule has 1 amide bonds. The van der Waals surface area contributed by atoms with Gasteiger partial charge in [-0.25, -0.2) is 4.98 Å². The highest BCUT2D eigenvalue weighted by Crippen LogP contribution is 2.34. The summed E-state index contributed by atoms with van der Waals surface area (Å²) in [6, 6.07) is 7.90. The minimum Gasteiger partial charge on any atom is -0.444 e. The van der Waals surface area contributed by atoms with Crippen LogP contribution in [0.2, 0.25) is 0 Å². The second-order valence-electron chi connectivity index (χ2n) is 8.71. The van der Waals surface area contributed by atoms with Crippen LogP contribution in [-0.2, 0) is 6.42 Å². The number of hydrogen-bond donors (Lipinski definition) is 0. The van der Waals surface area contributed by atoms with Crippen LogP contribution < -0.4 is 4.90 Å². The molecule has 1 aromatic carbocycles. The maximum Gasteiger partial charge on any atom is 0.389 e. The van der Waals surface area contributed by atoms with Crippen LogP contribution in [0.3, 0.4) is 0 Å². The van der Waals surface area contributed by atoms with Gasteiger partial charge in [0.25, 0.3) is 5.91 Å². The van der Waals surface area contributed by atoms with Crippen molar-refractivity contribution in [2.24, 2.45) is 0 Å². The van der Waals surface area contributed by atoms with Gasteiger partial charge in [0.2, 0.25) is 0 Å². The van der Waals surface area contributed by atoms with E-state index in [-0.39, 0.29) is 36.3 Å². The van der Waals surface area contributed by atoms with E-state index < -0.39 is 12.6 Å². The van der Waals surface area contributed by atoms with Crippen LogP contribution in [0, 0.1) is 0 Å². The Morgan fingerprint density at radius 3 is 2.41 bits per heavy atom. The quantitative estimate of drug-likeness (QED) is 0.497. The maximum absolute atomic E-state index is 13.4. The lowest BCUT2D eigenvalue weighted by Crippen LogP contribution is -2.48. The standard InChI is InChI=1S/C23H24F3N5O3/c24-23(25,26)10-7-20-28-22(34-29-20)30-11-8-18(9-12-30)31(17-5-6-17)21(32)16-3-1-15(2-4-16)19-13-27-14-33-19/h1-4,13-14,17-18H,5-12H2. The normalized spacial score (nSPS) is 17.2. The minimum atomic E-state index is -4.26. The lowest BCUT2D eigenvalue weighted by atomic mass is 10.0. The first-order valence-electron chi connectivity index (χ1n) is 11.3. The summed E-state index contributed by atoms with van der Waals surface area (Å²) in [6.07, 6.45) is 0.889. The molecule has 0 N–H and O–H groups in total. The zero-order valence-electron chi connectivity index (χ0n) is 18.4. The first kappa shape index (κ1) is 22.4. The Morgan fingerprint density at radius 2 is 1.79 bits per heavy atom. The van der Waals surface area contributed by atoms with Gasteiger partial charge in [0, 0.05) is 42.7 Å². The number of carbonyl (C=O) groups excluding carboxylic acids is 1. The van der Waals surface area contributed by atoms with E-state index in [1.165, 1.54) is 6.39 Å². The molecule has 1 saturated carbocycles. The molecule has 34 heavy (non-hydrogen) atoms. The number of carbonyl (C=O) groups is 1. The van der Waals surface area contributed by atoms with E-state index in [1.54, 1.807) is 6.20 Å². The molecular weight excluding hydrogens is 451 g/mol. The Morgan fingerprint density at radius 1 is 1.09 bits per heavy atom.